The van der Waals surface area contributed by atoms with Gasteiger partial charge >= 0.3 is 0 Å². The molecule has 2 atom stereocenters. The Labute approximate surface area is 112 Å². The fourth-order valence-electron chi connectivity index (χ4n) is 2.16. The SMILES string of the molecule is CCCCCC[C@]1(O)COOC[C@H]1O[Si](C)(C)C. The number of hydrogen-bond acceptors (Lipinski definition) is 4. The van der Waals surface area contributed by atoms with Crippen LogP contribution >= 0.6 is 0 Å². The highest BCUT2D eigenvalue weighted by Gasteiger charge is 2.43. The Balaban J connectivity index is 2.50. The third-order valence-corrected chi connectivity index (χ3v) is 4.16. The largest absolute Gasteiger partial charge is 0.409 e. The van der Waals surface area contributed by atoms with Gasteiger partial charge < -0.3 is 9.53 Å². The van der Waals surface area contributed by atoms with Crippen LogP contribution in [-0.4, -0.2) is 38.3 Å². The Kier molecular flexibility index (Phi) is 6.27. The predicted octanol–water partition coefficient (Wildman–Crippen LogP) is 2.87. The Morgan fingerprint density at radius 1 is 1.22 bits per heavy atom. The Morgan fingerprint density at radius 2 is 1.94 bits per heavy atom. The lowest BCUT2D eigenvalue weighted by atomic mass is 9.91. The zero-order valence-corrected chi connectivity index (χ0v) is 13.2. The van der Waals surface area contributed by atoms with Crippen molar-refractivity contribution >= 4 is 8.32 Å². The Bertz CT molecular complexity index is 242. The number of hydrogen-bond donors (Lipinski definition) is 1. The fourth-order valence-corrected chi connectivity index (χ4v) is 3.30. The second-order valence-electron chi connectivity index (χ2n) is 6.18. The van der Waals surface area contributed by atoms with E-state index in [0.29, 0.717) is 6.61 Å². The monoisotopic (exact) mass is 276 g/mol. The molecule has 0 unspecified atom stereocenters. The molecule has 0 bridgehead atoms. The van der Waals surface area contributed by atoms with Crippen LogP contribution in [0.4, 0.5) is 0 Å². The molecule has 5 heteroatoms. The molecule has 0 radical (unpaired) electrons. The van der Waals surface area contributed by atoms with E-state index >= 15 is 0 Å². The van der Waals surface area contributed by atoms with E-state index in [1.165, 1.54) is 12.8 Å². The van der Waals surface area contributed by atoms with Gasteiger partial charge in [0.25, 0.3) is 0 Å². The van der Waals surface area contributed by atoms with E-state index in [4.69, 9.17) is 14.2 Å². The van der Waals surface area contributed by atoms with Crippen molar-refractivity contribution in [1.29, 1.82) is 0 Å². The topological polar surface area (TPSA) is 47.9 Å². The van der Waals surface area contributed by atoms with Gasteiger partial charge in [0.2, 0.25) is 0 Å². The summed E-state index contributed by atoms with van der Waals surface area (Å²) in [5, 5.41) is 10.7. The number of unbranched alkanes of at least 4 members (excludes halogenated alkanes) is 3. The minimum absolute atomic E-state index is 0.217. The van der Waals surface area contributed by atoms with Crippen molar-refractivity contribution in [1.82, 2.24) is 0 Å². The first-order valence-electron chi connectivity index (χ1n) is 7.02. The highest BCUT2D eigenvalue weighted by molar-refractivity contribution is 6.69. The Morgan fingerprint density at radius 3 is 2.56 bits per heavy atom. The molecule has 0 aliphatic carbocycles. The van der Waals surface area contributed by atoms with Gasteiger partial charge in [-0.05, 0) is 26.1 Å². The molecule has 0 aromatic rings. The lowest BCUT2D eigenvalue weighted by Crippen LogP contribution is -2.56. The molecule has 0 aromatic heterocycles. The average Bonchev–Trinajstić information content (AvgIpc) is 2.26. The van der Waals surface area contributed by atoms with Crippen molar-refractivity contribution in [3.05, 3.63) is 0 Å². The lowest BCUT2D eigenvalue weighted by Gasteiger charge is -2.41. The van der Waals surface area contributed by atoms with Crippen molar-refractivity contribution < 1.29 is 19.3 Å². The van der Waals surface area contributed by atoms with Crippen LogP contribution in [0.5, 0.6) is 0 Å². The van der Waals surface area contributed by atoms with Gasteiger partial charge in [-0.25, -0.2) is 9.78 Å². The van der Waals surface area contributed by atoms with Crippen molar-refractivity contribution in [2.24, 2.45) is 0 Å². The third-order valence-electron chi connectivity index (χ3n) is 3.17. The van der Waals surface area contributed by atoms with Crippen LogP contribution in [0, 0.1) is 0 Å². The van der Waals surface area contributed by atoms with Crippen molar-refractivity contribution in [2.75, 3.05) is 13.2 Å². The minimum Gasteiger partial charge on any atom is -0.409 e. The molecule has 1 rings (SSSR count). The zero-order valence-electron chi connectivity index (χ0n) is 12.2. The number of aliphatic hydroxyl groups is 1. The molecule has 1 saturated heterocycles. The average molecular weight is 276 g/mol. The molecular weight excluding hydrogens is 248 g/mol. The maximum Gasteiger partial charge on any atom is 0.184 e. The highest BCUT2D eigenvalue weighted by Crippen LogP contribution is 2.28. The first-order valence-corrected chi connectivity index (χ1v) is 10.4. The minimum atomic E-state index is -1.68. The van der Waals surface area contributed by atoms with E-state index in [1.54, 1.807) is 0 Å². The molecular formula is C13H28O4Si. The van der Waals surface area contributed by atoms with Crippen molar-refractivity contribution in [2.45, 2.75) is 70.4 Å². The van der Waals surface area contributed by atoms with Gasteiger partial charge in [-0.2, -0.15) is 0 Å². The fraction of sp³-hybridized carbons (Fsp3) is 1.00. The van der Waals surface area contributed by atoms with Crippen LogP contribution in [-0.2, 0) is 14.2 Å². The standard InChI is InChI=1S/C13H28O4Si/c1-5-6-7-8-9-13(14)11-16-15-10-12(13)17-18(2,3)4/h12,14H,5-11H2,1-4H3/t12-,13+/m1/s1. The van der Waals surface area contributed by atoms with E-state index < -0.39 is 13.9 Å². The molecule has 1 N–H and O–H groups in total. The summed E-state index contributed by atoms with van der Waals surface area (Å²) in [4.78, 5) is 9.96. The van der Waals surface area contributed by atoms with Crippen molar-refractivity contribution in [3.8, 4) is 0 Å². The summed E-state index contributed by atoms with van der Waals surface area (Å²) in [7, 11) is -1.68. The second-order valence-corrected chi connectivity index (χ2v) is 10.6. The van der Waals surface area contributed by atoms with Crippen molar-refractivity contribution in [3.63, 3.8) is 0 Å². The summed E-state index contributed by atoms with van der Waals surface area (Å²) in [6.45, 7) is 9.10. The van der Waals surface area contributed by atoms with Gasteiger partial charge in [0, 0.05) is 0 Å². The summed E-state index contributed by atoms with van der Waals surface area (Å²) in [5.74, 6) is 0. The van der Waals surface area contributed by atoms with Gasteiger partial charge in [0.05, 0.1) is 0 Å². The zero-order chi connectivity index (χ0) is 13.6. The van der Waals surface area contributed by atoms with E-state index in [9.17, 15) is 5.11 Å². The smallest absolute Gasteiger partial charge is 0.184 e. The predicted molar refractivity (Wildman–Crippen MR) is 73.8 cm³/mol. The molecule has 0 saturated carbocycles. The first-order chi connectivity index (χ1) is 8.37. The molecule has 1 aliphatic heterocycles. The van der Waals surface area contributed by atoms with Gasteiger partial charge in [-0.3, -0.25) is 0 Å². The molecule has 1 fully saturated rings. The first kappa shape index (κ1) is 16.1. The molecule has 108 valence electrons. The van der Waals surface area contributed by atoms with E-state index in [-0.39, 0.29) is 12.7 Å². The number of rotatable bonds is 7. The third kappa shape index (κ3) is 5.36. The van der Waals surface area contributed by atoms with Gasteiger partial charge in [-0.1, -0.05) is 32.6 Å². The summed E-state index contributed by atoms with van der Waals surface area (Å²) < 4.78 is 6.04. The molecule has 1 heterocycles. The molecule has 0 spiro atoms. The maximum atomic E-state index is 10.7. The van der Waals surface area contributed by atoms with E-state index in [2.05, 4.69) is 26.6 Å². The van der Waals surface area contributed by atoms with E-state index in [1.807, 2.05) is 0 Å². The van der Waals surface area contributed by atoms with Gasteiger partial charge in [-0.15, -0.1) is 0 Å². The normalized spacial score (nSPS) is 29.5. The van der Waals surface area contributed by atoms with E-state index in [0.717, 1.165) is 19.3 Å². The summed E-state index contributed by atoms with van der Waals surface area (Å²) >= 11 is 0. The summed E-state index contributed by atoms with van der Waals surface area (Å²) in [5.41, 5.74) is -0.883. The second kappa shape index (κ2) is 7.00. The quantitative estimate of drug-likeness (QED) is 0.441. The van der Waals surface area contributed by atoms with Gasteiger partial charge in [0.15, 0.2) is 8.32 Å². The Hall–Kier alpha value is 0.0569. The highest BCUT2D eigenvalue weighted by atomic mass is 28.4. The summed E-state index contributed by atoms with van der Waals surface area (Å²) in [6.07, 6.45) is 5.06. The van der Waals surface area contributed by atoms with Crippen LogP contribution in [0.15, 0.2) is 0 Å². The van der Waals surface area contributed by atoms with Gasteiger partial charge in [0.1, 0.15) is 24.9 Å². The van der Waals surface area contributed by atoms with Crippen LogP contribution in [0.2, 0.25) is 19.6 Å². The van der Waals surface area contributed by atoms with Crippen LogP contribution in [0.1, 0.15) is 39.0 Å². The van der Waals surface area contributed by atoms with Crippen LogP contribution in [0.25, 0.3) is 0 Å². The maximum absolute atomic E-state index is 10.7. The molecule has 1 aliphatic rings. The molecule has 0 amide bonds. The lowest BCUT2D eigenvalue weighted by molar-refractivity contribution is -0.371. The molecule has 0 aromatic carbocycles. The summed E-state index contributed by atoms with van der Waals surface area (Å²) in [6, 6.07) is 0. The van der Waals surface area contributed by atoms with Crippen LogP contribution in [0.3, 0.4) is 0 Å². The molecule has 4 nitrogen and oxygen atoms in total. The van der Waals surface area contributed by atoms with Crippen LogP contribution < -0.4 is 0 Å². The molecule has 18 heavy (non-hydrogen) atoms.